The SMILES string of the molecule is CNc1ccc(OCC(=O)Nc2ccc(Br)cc2F)cc1. The molecule has 2 N–H and O–H groups in total. The van der Waals surface area contributed by atoms with E-state index in [1.54, 1.807) is 18.2 Å². The minimum atomic E-state index is -0.504. The van der Waals surface area contributed by atoms with Crippen molar-refractivity contribution in [2.75, 3.05) is 24.3 Å². The lowest BCUT2D eigenvalue weighted by molar-refractivity contribution is -0.118. The molecule has 0 saturated heterocycles. The number of halogens is 2. The van der Waals surface area contributed by atoms with Crippen LogP contribution in [0.3, 0.4) is 0 Å². The van der Waals surface area contributed by atoms with Crippen LogP contribution in [-0.4, -0.2) is 19.6 Å². The van der Waals surface area contributed by atoms with Crippen LogP contribution >= 0.6 is 15.9 Å². The number of amides is 1. The molecule has 0 aliphatic carbocycles. The molecule has 110 valence electrons. The molecule has 0 aliphatic rings. The zero-order valence-corrected chi connectivity index (χ0v) is 12.9. The average molecular weight is 353 g/mol. The number of hydrogen-bond acceptors (Lipinski definition) is 3. The van der Waals surface area contributed by atoms with Crippen LogP contribution in [0.15, 0.2) is 46.9 Å². The number of carbonyl (C=O) groups is 1. The smallest absolute Gasteiger partial charge is 0.262 e. The van der Waals surface area contributed by atoms with Crippen LogP contribution in [0.4, 0.5) is 15.8 Å². The molecule has 0 heterocycles. The lowest BCUT2D eigenvalue weighted by atomic mass is 10.3. The Morgan fingerprint density at radius 3 is 2.57 bits per heavy atom. The number of ether oxygens (including phenoxy) is 1. The Kier molecular flexibility index (Phi) is 5.16. The quantitative estimate of drug-likeness (QED) is 0.863. The van der Waals surface area contributed by atoms with Gasteiger partial charge in [-0.25, -0.2) is 4.39 Å². The molecule has 1 amide bonds. The predicted octanol–water partition coefficient (Wildman–Crippen LogP) is 3.65. The standard InChI is InChI=1S/C15H14BrFN2O2/c1-18-11-3-5-12(6-4-11)21-9-15(20)19-14-7-2-10(16)8-13(14)17/h2-8,18H,9H2,1H3,(H,19,20). The normalized spacial score (nSPS) is 10.0. The Morgan fingerprint density at radius 2 is 1.95 bits per heavy atom. The first-order chi connectivity index (χ1) is 10.1. The summed E-state index contributed by atoms with van der Waals surface area (Å²) < 4.78 is 19.5. The monoisotopic (exact) mass is 352 g/mol. The van der Waals surface area contributed by atoms with Gasteiger partial charge in [0.05, 0.1) is 5.69 Å². The van der Waals surface area contributed by atoms with E-state index in [0.29, 0.717) is 10.2 Å². The van der Waals surface area contributed by atoms with Crippen molar-refractivity contribution >= 4 is 33.2 Å². The molecule has 0 aliphatic heterocycles. The summed E-state index contributed by atoms with van der Waals surface area (Å²) in [5, 5.41) is 5.44. The van der Waals surface area contributed by atoms with Gasteiger partial charge in [-0.15, -0.1) is 0 Å². The molecule has 0 fully saturated rings. The Hall–Kier alpha value is -2.08. The van der Waals surface area contributed by atoms with Crippen LogP contribution in [0.1, 0.15) is 0 Å². The van der Waals surface area contributed by atoms with Gasteiger partial charge in [0, 0.05) is 17.2 Å². The van der Waals surface area contributed by atoms with Gasteiger partial charge >= 0.3 is 0 Å². The second-order valence-corrected chi connectivity index (χ2v) is 5.15. The molecule has 0 bridgehead atoms. The Labute approximate surface area is 130 Å². The molecular formula is C15H14BrFN2O2. The lowest BCUT2D eigenvalue weighted by Crippen LogP contribution is -2.20. The van der Waals surface area contributed by atoms with E-state index in [2.05, 4.69) is 26.6 Å². The van der Waals surface area contributed by atoms with E-state index in [1.807, 2.05) is 19.2 Å². The zero-order chi connectivity index (χ0) is 15.2. The van der Waals surface area contributed by atoms with Crippen molar-refractivity contribution in [2.45, 2.75) is 0 Å². The average Bonchev–Trinajstić information content (AvgIpc) is 2.48. The van der Waals surface area contributed by atoms with Crippen molar-refractivity contribution < 1.29 is 13.9 Å². The van der Waals surface area contributed by atoms with Gasteiger partial charge in [-0.1, -0.05) is 15.9 Å². The van der Waals surface area contributed by atoms with Crippen molar-refractivity contribution in [1.82, 2.24) is 0 Å². The molecule has 2 aromatic carbocycles. The molecule has 0 unspecified atom stereocenters. The molecule has 0 spiro atoms. The van der Waals surface area contributed by atoms with Crippen LogP contribution < -0.4 is 15.4 Å². The highest BCUT2D eigenvalue weighted by atomic mass is 79.9. The third-order valence-corrected chi connectivity index (χ3v) is 3.21. The van der Waals surface area contributed by atoms with E-state index in [4.69, 9.17) is 4.74 Å². The highest BCUT2D eigenvalue weighted by Gasteiger charge is 2.08. The van der Waals surface area contributed by atoms with Gasteiger partial charge in [-0.3, -0.25) is 4.79 Å². The van der Waals surface area contributed by atoms with Gasteiger partial charge in [-0.2, -0.15) is 0 Å². The Morgan fingerprint density at radius 1 is 1.24 bits per heavy atom. The van der Waals surface area contributed by atoms with Gasteiger partial charge in [0.25, 0.3) is 5.91 Å². The van der Waals surface area contributed by atoms with Gasteiger partial charge < -0.3 is 15.4 Å². The number of hydrogen-bond donors (Lipinski definition) is 2. The minimum absolute atomic E-state index is 0.123. The number of benzene rings is 2. The summed E-state index contributed by atoms with van der Waals surface area (Å²) in [6.07, 6.45) is 0. The van der Waals surface area contributed by atoms with Crippen molar-refractivity contribution in [3.8, 4) is 5.75 Å². The number of rotatable bonds is 5. The van der Waals surface area contributed by atoms with Crippen molar-refractivity contribution in [1.29, 1.82) is 0 Å². The van der Waals surface area contributed by atoms with Crippen LogP contribution in [-0.2, 0) is 4.79 Å². The summed E-state index contributed by atoms with van der Waals surface area (Å²) in [6, 6.07) is 11.6. The summed E-state index contributed by atoms with van der Waals surface area (Å²) in [7, 11) is 1.82. The molecule has 0 atom stereocenters. The van der Waals surface area contributed by atoms with Crippen molar-refractivity contribution in [2.24, 2.45) is 0 Å². The first kappa shape index (κ1) is 15.3. The summed E-state index contributed by atoms with van der Waals surface area (Å²) in [6.45, 7) is -0.186. The Balaban J connectivity index is 1.89. The first-order valence-corrected chi connectivity index (χ1v) is 7.03. The number of nitrogens with one attached hydrogen (secondary N) is 2. The summed E-state index contributed by atoms with van der Waals surface area (Å²) in [5.41, 5.74) is 1.07. The van der Waals surface area contributed by atoms with E-state index in [-0.39, 0.29) is 12.3 Å². The van der Waals surface area contributed by atoms with Gasteiger partial charge in [-0.05, 0) is 42.5 Å². The topological polar surface area (TPSA) is 50.4 Å². The fourth-order valence-electron chi connectivity index (χ4n) is 1.64. The molecule has 2 rings (SSSR count). The highest BCUT2D eigenvalue weighted by Crippen LogP contribution is 2.19. The minimum Gasteiger partial charge on any atom is -0.484 e. The highest BCUT2D eigenvalue weighted by molar-refractivity contribution is 9.10. The third kappa shape index (κ3) is 4.46. The zero-order valence-electron chi connectivity index (χ0n) is 11.3. The van der Waals surface area contributed by atoms with Crippen molar-refractivity contribution in [3.05, 3.63) is 52.8 Å². The van der Waals surface area contributed by atoms with E-state index in [0.717, 1.165) is 5.69 Å². The van der Waals surface area contributed by atoms with E-state index in [1.165, 1.54) is 12.1 Å². The van der Waals surface area contributed by atoms with E-state index in [9.17, 15) is 9.18 Å². The maximum atomic E-state index is 13.6. The van der Waals surface area contributed by atoms with Crippen LogP contribution in [0, 0.1) is 5.82 Å². The largest absolute Gasteiger partial charge is 0.484 e. The molecule has 2 aromatic rings. The molecule has 4 nitrogen and oxygen atoms in total. The molecule has 21 heavy (non-hydrogen) atoms. The maximum Gasteiger partial charge on any atom is 0.262 e. The van der Waals surface area contributed by atoms with Gasteiger partial charge in [0.1, 0.15) is 11.6 Å². The second-order valence-electron chi connectivity index (χ2n) is 4.24. The third-order valence-electron chi connectivity index (χ3n) is 2.72. The number of carbonyl (C=O) groups excluding carboxylic acids is 1. The maximum absolute atomic E-state index is 13.6. The van der Waals surface area contributed by atoms with Gasteiger partial charge in [0.2, 0.25) is 0 Å². The van der Waals surface area contributed by atoms with Gasteiger partial charge in [0.15, 0.2) is 6.61 Å². The molecule has 0 radical (unpaired) electrons. The molecular weight excluding hydrogens is 339 g/mol. The fourth-order valence-corrected chi connectivity index (χ4v) is 1.98. The Bertz CT molecular complexity index is 632. The molecule has 0 aromatic heterocycles. The first-order valence-electron chi connectivity index (χ1n) is 6.24. The summed E-state index contributed by atoms with van der Waals surface area (Å²) in [4.78, 5) is 11.7. The fraction of sp³-hybridized carbons (Fsp3) is 0.133. The summed E-state index contributed by atoms with van der Waals surface area (Å²) >= 11 is 3.15. The van der Waals surface area contributed by atoms with E-state index < -0.39 is 11.7 Å². The van der Waals surface area contributed by atoms with Crippen molar-refractivity contribution in [3.63, 3.8) is 0 Å². The summed E-state index contributed by atoms with van der Waals surface area (Å²) in [5.74, 6) is -0.356. The molecule has 6 heteroatoms. The van der Waals surface area contributed by atoms with Crippen LogP contribution in [0.2, 0.25) is 0 Å². The second kappa shape index (κ2) is 7.08. The van der Waals surface area contributed by atoms with Crippen LogP contribution in [0.25, 0.3) is 0 Å². The van der Waals surface area contributed by atoms with Crippen LogP contribution in [0.5, 0.6) is 5.75 Å². The predicted molar refractivity (Wildman–Crippen MR) is 84.2 cm³/mol. The number of anilines is 2. The lowest BCUT2D eigenvalue weighted by Gasteiger charge is -2.09. The molecule has 0 saturated carbocycles. The van der Waals surface area contributed by atoms with E-state index >= 15 is 0 Å².